The molecule has 0 aromatic heterocycles. The lowest BCUT2D eigenvalue weighted by atomic mass is 9.74. The zero-order valence-corrected chi connectivity index (χ0v) is 64.3. The van der Waals surface area contributed by atoms with Crippen molar-refractivity contribution in [2.45, 2.75) is 253 Å². The summed E-state index contributed by atoms with van der Waals surface area (Å²) >= 11 is 0. The van der Waals surface area contributed by atoms with E-state index in [9.17, 15) is 55.1 Å². The van der Waals surface area contributed by atoms with Gasteiger partial charge in [0.05, 0.1) is 44.7 Å². The minimum Gasteiger partial charge on any atom is -0.378 e. The summed E-state index contributed by atoms with van der Waals surface area (Å²) in [7, 11) is 7.87. The van der Waals surface area contributed by atoms with Gasteiger partial charge in [0.2, 0.25) is 70.9 Å². The molecular formula is C75H112F8N12O14. The van der Waals surface area contributed by atoms with E-state index in [0.29, 0.717) is 44.9 Å². The Balaban J connectivity index is 1.20. The number of likely N-dealkylation sites (N-methyl/N-ethyl adjacent to an activating group) is 6. The second kappa shape index (κ2) is 37.7. The Morgan fingerprint density at radius 2 is 1.26 bits per heavy atom. The van der Waals surface area contributed by atoms with Crippen LogP contribution in [0.4, 0.5) is 35.1 Å². The fourth-order valence-electron chi connectivity index (χ4n) is 17.5. The number of hydrogen-bond acceptors (Lipinski definition) is 14. The van der Waals surface area contributed by atoms with Gasteiger partial charge in [0.1, 0.15) is 72.1 Å². The van der Waals surface area contributed by atoms with E-state index in [1.807, 2.05) is 0 Å². The minimum absolute atomic E-state index is 0.000154. The Morgan fingerprint density at radius 3 is 1.83 bits per heavy atom. The number of rotatable bonds is 12. The van der Waals surface area contributed by atoms with Gasteiger partial charge in [-0.2, -0.15) is 26.3 Å². The van der Waals surface area contributed by atoms with Crippen molar-refractivity contribution >= 4 is 70.9 Å². The van der Waals surface area contributed by atoms with Gasteiger partial charge in [-0.05, 0) is 140 Å². The second-order valence-corrected chi connectivity index (χ2v) is 31.6. The van der Waals surface area contributed by atoms with Crippen LogP contribution in [0, 0.1) is 47.9 Å². The average Bonchev–Trinajstić information content (AvgIpc) is 1.17. The van der Waals surface area contributed by atoms with E-state index in [4.69, 9.17) is 15.9 Å². The molecule has 0 radical (unpaired) electrons. The van der Waals surface area contributed by atoms with Crippen molar-refractivity contribution in [1.29, 1.82) is 0 Å². The molecular weight excluding hydrogens is 1440 g/mol. The highest BCUT2D eigenvalue weighted by Gasteiger charge is 2.56. The molecule has 4 aliphatic heterocycles. The van der Waals surface area contributed by atoms with Crippen LogP contribution in [0.5, 0.6) is 0 Å². The number of terminal acetylenes is 1. The van der Waals surface area contributed by atoms with Gasteiger partial charge < -0.3 is 69.5 Å². The molecule has 3 N–H and O–H groups in total. The summed E-state index contributed by atoms with van der Waals surface area (Å²) in [4.78, 5) is 192. The summed E-state index contributed by atoms with van der Waals surface area (Å²) in [6.07, 6.45) is -10.8. The van der Waals surface area contributed by atoms with Crippen molar-refractivity contribution < 1.29 is 102 Å². The van der Waals surface area contributed by atoms with E-state index in [1.54, 1.807) is 20.8 Å². The van der Waals surface area contributed by atoms with Gasteiger partial charge in [0, 0.05) is 87.9 Å². The third-order valence-electron chi connectivity index (χ3n) is 24.5. The highest BCUT2D eigenvalue weighted by molar-refractivity contribution is 6.01. The van der Waals surface area contributed by atoms with Crippen molar-refractivity contribution in [1.82, 2.24) is 60.0 Å². The fourth-order valence-corrected chi connectivity index (χ4v) is 17.5. The highest BCUT2D eigenvalue weighted by Crippen LogP contribution is 2.46. The maximum absolute atomic E-state index is 15.7. The number of nitrogens with one attached hydrogen (secondary N) is 3. The lowest BCUT2D eigenvalue weighted by Crippen LogP contribution is -2.68. The monoisotopic (exact) mass is 1560 g/mol. The van der Waals surface area contributed by atoms with E-state index >= 15 is 37.5 Å². The predicted molar refractivity (Wildman–Crippen MR) is 379 cm³/mol. The molecule has 8 fully saturated rings. The first-order valence-electron chi connectivity index (χ1n) is 38.8. The molecule has 12 atom stereocenters. The van der Waals surface area contributed by atoms with Gasteiger partial charge in [-0.15, -0.1) is 12.3 Å². The Bertz CT molecular complexity index is 3290. The van der Waals surface area contributed by atoms with Crippen LogP contribution >= 0.6 is 0 Å². The number of fused-ring (bicyclic) bond motifs is 3. The Morgan fingerprint density at radius 1 is 0.633 bits per heavy atom. The maximum atomic E-state index is 15.7. The molecule has 2 bridgehead atoms. The maximum Gasteiger partial charge on any atom is 0.397 e. The molecule has 4 saturated carbocycles. The quantitative estimate of drug-likeness (QED) is 0.173. The summed E-state index contributed by atoms with van der Waals surface area (Å²) in [5.74, 6) is -14.7. The number of amides is 12. The molecule has 26 nitrogen and oxygen atoms in total. The van der Waals surface area contributed by atoms with Crippen LogP contribution in [0.1, 0.15) is 168 Å². The molecule has 8 rings (SSSR count). The number of halogens is 8. The smallest absolute Gasteiger partial charge is 0.378 e. The Labute approximate surface area is 633 Å². The van der Waals surface area contributed by atoms with Crippen molar-refractivity contribution in [3.05, 3.63) is 0 Å². The van der Waals surface area contributed by atoms with Crippen LogP contribution in [-0.4, -0.2) is 301 Å². The van der Waals surface area contributed by atoms with Gasteiger partial charge in [0.25, 0.3) is 0 Å². The zero-order chi connectivity index (χ0) is 80.3. The third-order valence-corrected chi connectivity index (χ3v) is 24.5. The number of ether oxygens (including phenoxy) is 2. The van der Waals surface area contributed by atoms with Gasteiger partial charge >= 0.3 is 12.4 Å². The topological polar surface area (TPSA) is 289 Å². The molecule has 109 heavy (non-hydrogen) atoms. The molecule has 2 unspecified atom stereocenters. The molecule has 4 aliphatic carbocycles. The van der Waals surface area contributed by atoms with Crippen molar-refractivity contribution in [3.8, 4) is 12.3 Å². The van der Waals surface area contributed by atoms with Crippen molar-refractivity contribution in [3.63, 3.8) is 0 Å². The zero-order valence-electron chi connectivity index (χ0n) is 64.3. The van der Waals surface area contributed by atoms with Crippen molar-refractivity contribution in [2.24, 2.45) is 35.5 Å². The van der Waals surface area contributed by atoms with Crippen LogP contribution in [-0.2, 0) is 67.0 Å². The number of alkyl halides is 8. The summed E-state index contributed by atoms with van der Waals surface area (Å²) in [5.41, 5.74) is -1.71. The first kappa shape index (κ1) is 87.1. The van der Waals surface area contributed by atoms with Crippen LogP contribution in [0.25, 0.3) is 0 Å². The number of carbonyl (C=O) groups excluding carboxylic acids is 12. The van der Waals surface area contributed by atoms with E-state index in [2.05, 4.69) is 21.9 Å². The predicted octanol–water partition coefficient (Wildman–Crippen LogP) is 4.93. The van der Waals surface area contributed by atoms with E-state index in [0.717, 1.165) is 29.4 Å². The third kappa shape index (κ3) is 20.8. The Hall–Kier alpha value is -7.44. The summed E-state index contributed by atoms with van der Waals surface area (Å²) < 4.78 is 127. The minimum atomic E-state index is -5.22. The molecule has 8 aliphatic rings. The molecule has 34 heteroatoms. The average molecular weight is 1560 g/mol. The van der Waals surface area contributed by atoms with Crippen LogP contribution < -0.4 is 16.0 Å². The van der Waals surface area contributed by atoms with Crippen molar-refractivity contribution in [2.75, 3.05) is 101 Å². The van der Waals surface area contributed by atoms with Gasteiger partial charge in [-0.3, -0.25) is 57.5 Å². The molecule has 0 aromatic carbocycles. The van der Waals surface area contributed by atoms with Crippen LogP contribution in [0.3, 0.4) is 0 Å². The van der Waals surface area contributed by atoms with Crippen LogP contribution in [0.15, 0.2) is 0 Å². The van der Waals surface area contributed by atoms with Gasteiger partial charge in [0.15, 0.2) is 0 Å². The largest absolute Gasteiger partial charge is 0.397 e. The number of nitrogens with zero attached hydrogens (tertiary/aromatic N) is 9. The second-order valence-electron chi connectivity index (χ2n) is 31.6. The first-order valence-corrected chi connectivity index (χ1v) is 38.8. The lowest BCUT2D eigenvalue weighted by Gasteiger charge is -2.47. The van der Waals surface area contributed by atoms with E-state index < -0.39 is 236 Å². The molecule has 4 saturated heterocycles. The molecule has 0 aromatic rings. The lowest BCUT2D eigenvalue weighted by molar-refractivity contribution is -0.219. The highest BCUT2D eigenvalue weighted by atomic mass is 19.4. The molecule has 612 valence electrons. The first-order chi connectivity index (χ1) is 51.4. The Kier molecular flexibility index (Phi) is 30.2. The molecule has 1 spiro atoms. The summed E-state index contributed by atoms with van der Waals surface area (Å²) in [6.45, 7) is 3.65. The normalized spacial score (nSPS) is 32.3. The SMILES string of the molecule is C#CC[C@H]1C(=O)N[C@@H]([C@@H](C)CC)C(=O)N(C)CC(=O)N(C)[C@H]2CCCCN(C2=O)[C@@H](CC2CCC(C(F)(F)F)CC2)C(=O)N(C)CC(=O)N[C@@H](CCC2CC(F)C(C(F)(F)F)C(F)C2)C(=O)N2C[C@H](OCC)C[C@H]2C(=O)NC2(CCC2)C(=O)N(C)[C@@H](C2CCCC2)C(=O)N(C)[C@H](C(=O)N2CCOCC2)CC(=O)N1C. The van der Waals surface area contributed by atoms with Gasteiger partial charge in [-0.1, -0.05) is 33.1 Å². The summed E-state index contributed by atoms with van der Waals surface area (Å²) in [5, 5.41) is 8.31. The number of hydrogen-bond donors (Lipinski definition) is 3. The number of carbonyl (C=O) groups is 12. The summed E-state index contributed by atoms with van der Waals surface area (Å²) in [6, 6.07) is -11.7. The molecule has 12 amide bonds. The number of morpholine rings is 1. The standard InChI is InChI=1S/C75H112F8N12O14/c1-11-19-53-64(99)85-62(44(4)12-2)70(105)88(6)43-60(98)90(8)54-22-16-17-31-94(69(54)104)57(38-45-23-26-48(27-24-45)74(78,79)80)67(102)87(5)42-58(96)84-52(28-25-46-36-50(76)61(51(77)37-46)75(81,82)83)66(101)95-41-49(109-13-3)39-55(95)65(100)86-73(29-18-30-73)72(107)92(10)63(47-20-14-15-21-47)71(106)91(9)56(40-59(97)89(53)7)68(103)93-32-34-108-35-33-93/h1,44-57,61-63H,12-43H2,2-10H3,(H,84,96)(H,85,99)(H,86,100)/t44-,45?,46?,48?,49+,50?,51?,52-,53-,54-,55-,56-,57-,61?,62-,63-/m0/s1. The van der Waals surface area contributed by atoms with Crippen LogP contribution in [0.2, 0.25) is 0 Å². The van der Waals surface area contributed by atoms with E-state index in [1.165, 1.54) is 57.0 Å². The van der Waals surface area contributed by atoms with Gasteiger partial charge in [-0.25, -0.2) is 8.78 Å². The fraction of sp³-hybridized carbons (Fsp3) is 0.813. The molecule has 4 heterocycles. The van der Waals surface area contributed by atoms with E-state index in [-0.39, 0.29) is 117 Å².